The number of aliphatic carboxylic acids is 1. The minimum absolute atomic E-state index is 0.0964. The third kappa shape index (κ3) is 7.31. The van der Waals surface area contributed by atoms with Gasteiger partial charge in [-0.2, -0.15) is 0 Å². The van der Waals surface area contributed by atoms with Crippen LogP contribution in [0.4, 0.5) is 10.8 Å². The van der Waals surface area contributed by atoms with Crippen molar-refractivity contribution in [2.45, 2.75) is 29.9 Å². The fraction of sp³-hybridized carbons (Fsp3) is 0.185. The molecular formula is C27H25N3O5S2. The zero-order valence-electron chi connectivity index (χ0n) is 20.0. The first-order valence-electron chi connectivity index (χ1n) is 11.6. The molecule has 1 unspecified atom stereocenters. The van der Waals surface area contributed by atoms with E-state index in [4.69, 9.17) is 9.84 Å². The van der Waals surface area contributed by atoms with Gasteiger partial charge in [-0.05, 0) is 55.0 Å². The average Bonchev–Trinajstić information content (AvgIpc) is 3.29. The summed E-state index contributed by atoms with van der Waals surface area (Å²) in [5.74, 6) is -0.830. The Morgan fingerprint density at radius 1 is 1.00 bits per heavy atom. The number of amides is 2. The van der Waals surface area contributed by atoms with Gasteiger partial charge in [-0.1, -0.05) is 41.7 Å². The Morgan fingerprint density at radius 3 is 2.46 bits per heavy atom. The van der Waals surface area contributed by atoms with Crippen molar-refractivity contribution in [1.29, 1.82) is 0 Å². The minimum Gasteiger partial charge on any atom is -0.494 e. The average molecular weight is 536 g/mol. The highest BCUT2D eigenvalue weighted by Crippen LogP contribution is 2.37. The fourth-order valence-corrected chi connectivity index (χ4v) is 5.41. The van der Waals surface area contributed by atoms with Crippen LogP contribution in [0.2, 0.25) is 0 Å². The maximum Gasteiger partial charge on any atom is 0.303 e. The predicted octanol–water partition coefficient (Wildman–Crippen LogP) is 5.97. The van der Waals surface area contributed by atoms with Crippen LogP contribution in [-0.4, -0.2) is 34.5 Å². The van der Waals surface area contributed by atoms with Gasteiger partial charge in [0.2, 0.25) is 11.8 Å². The van der Waals surface area contributed by atoms with E-state index in [2.05, 4.69) is 15.6 Å². The van der Waals surface area contributed by atoms with Gasteiger partial charge in [0.25, 0.3) is 0 Å². The second-order valence-electron chi connectivity index (χ2n) is 7.95. The lowest BCUT2D eigenvalue weighted by Crippen LogP contribution is -2.18. The zero-order chi connectivity index (χ0) is 26.2. The molecule has 10 heteroatoms. The Balaban J connectivity index is 1.48. The smallest absolute Gasteiger partial charge is 0.303 e. The summed E-state index contributed by atoms with van der Waals surface area (Å²) in [4.78, 5) is 41.3. The van der Waals surface area contributed by atoms with Crippen molar-refractivity contribution in [2.24, 2.45) is 0 Å². The van der Waals surface area contributed by atoms with E-state index in [1.54, 1.807) is 12.1 Å². The summed E-state index contributed by atoms with van der Waals surface area (Å²) < 4.78 is 6.48. The minimum atomic E-state index is -1.02. The van der Waals surface area contributed by atoms with Gasteiger partial charge in [-0.3, -0.25) is 14.4 Å². The molecule has 37 heavy (non-hydrogen) atoms. The molecule has 0 saturated carbocycles. The van der Waals surface area contributed by atoms with Crippen LogP contribution in [0.25, 0.3) is 10.2 Å². The zero-order valence-corrected chi connectivity index (χ0v) is 21.6. The normalized spacial score (nSPS) is 11.6. The lowest BCUT2D eigenvalue weighted by molar-refractivity contribution is -0.138. The van der Waals surface area contributed by atoms with Crippen molar-refractivity contribution in [3.8, 4) is 5.75 Å². The number of fused-ring (bicyclic) bond motifs is 1. The molecular weight excluding hydrogens is 510 g/mol. The first-order valence-corrected chi connectivity index (χ1v) is 13.3. The second kappa shape index (κ2) is 12.4. The number of carbonyl (C=O) groups is 3. The molecule has 1 heterocycles. The number of thiazole rings is 1. The van der Waals surface area contributed by atoms with E-state index in [0.29, 0.717) is 17.4 Å². The lowest BCUT2D eigenvalue weighted by atomic mass is 10.1. The number of hydrogen-bond donors (Lipinski definition) is 3. The molecule has 8 nitrogen and oxygen atoms in total. The number of carboxylic acids is 1. The van der Waals surface area contributed by atoms with Crippen LogP contribution in [0.15, 0.2) is 77.7 Å². The maximum absolute atomic E-state index is 13.4. The molecule has 3 N–H and O–H groups in total. The third-order valence-corrected chi connectivity index (χ3v) is 7.40. The Hall–Kier alpha value is -3.89. The highest BCUT2D eigenvalue weighted by molar-refractivity contribution is 8.00. The van der Waals surface area contributed by atoms with Crippen LogP contribution in [0.5, 0.6) is 5.75 Å². The van der Waals surface area contributed by atoms with E-state index < -0.39 is 11.2 Å². The standard InChI is InChI=1S/C27H25N3O5S2/c1-2-35-19-10-13-21-22(16-19)37-27(29-21)30-26(34)25(17-6-4-3-5-7-17)36-20-11-8-18(9-12-20)28-23(31)14-15-24(32)33/h3-13,16,25H,2,14-15H2,1H3,(H,28,31)(H,32,33)(H,29,30,34). The second-order valence-corrected chi connectivity index (χ2v) is 10.2. The van der Waals surface area contributed by atoms with Crippen molar-refractivity contribution >= 4 is 61.9 Å². The van der Waals surface area contributed by atoms with Gasteiger partial charge in [-0.15, -0.1) is 11.8 Å². The fourth-order valence-electron chi connectivity index (χ4n) is 3.48. The van der Waals surface area contributed by atoms with E-state index in [-0.39, 0.29) is 24.7 Å². The van der Waals surface area contributed by atoms with Crippen molar-refractivity contribution in [3.63, 3.8) is 0 Å². The van der Waals surface area contributed by atoms with Crippen molar-refractivity contribution in [3.05, 3.63) is 78.4 Å². The highest BCUT2D eigenvalue weighted by Gasteiger charge is 2.23. The Kier molecular flexibility index (Phi) is 8.76. The Morgan fingerprint density at radius 2 is 1.76 bits per heavy atom. The van der Waals surface area contributed by atoms with Crippen molar-refractivity contribution in [2.75, 3.05) is 17.2 Å². The van der Waals surface area contributed by atoms with Crippen molar-refractivity contribution < 1.29 is 24.2 Å². The summed E-state index contributed by atoms with van der Waals surface area (Å²) in [5, 5.41) is 14.3. The Bertz CT molecular complexity index is 1390. The largest absolute Gasteiger partial charge is 0.494 e. The molecule has 190 valence electrons. The summed E-state index contributed by atoms with van der Waals surface area (Å²) >= 11 is 2.77. The van der Waals surface area contributed by atoms with Gasteiger partial charge < -0.3 is 20.5 Å². The van der Waals surface area contributed by atoms with Gasteiger partial charge in [0.15, 0.2) is 5.13 Å². The molecule has 0 saturated heterocycles. The molecule has 0 aliphatic heterocycles. The van der Waals surface area contributed by atoms with E-state index in [1.807, 2.05) is 67.6 Å². The number of nitrogens with one attached hydrogen (secondary N) is 2. The number of ether oxygens (including phenoxy) is 1. The number of carboxylic acid groups (broad SMARTS) is 1. The molecule has 3 aromatic carbocycles. The number of carbonyl (C=O) groups excluding carboxylic acids is 2. The first kappa shape index (κ1) is 26.2. The SMILES string of the molecule is CCOc1ccc2nc(NC(=O)C(Sc3ccc(NC(=O)CCC(=O)O)cc3)c3ccccc3)sc2c1. The number of rotatable bonds is 11. The molecule has 0 radical (unpaired) electrons. The molecule has 0 aliphatic carbocycles. The molecule has 4 rings (SSSR count). The van der Waals surface area contributed by atoms with Gasteiger partial charge in [0.05, 0.1) is 23.2 Å². The van der Waals surface area contributed by atoms with Crippen LogP contribution in [-0.2, 0) is 14.4 Å². The number of aromatic nitrogens is 1. The molecule has 2 amide bonds. The summed E-state index contributed by atoms with van der Waals surface area (Å²) in [7, 11) is 0. The third-order valence-electron chi connectivity index (χ3n) is 5.20. The quantitative estimate of drug-likeness (QED) is 0.203. The number of benzene rings is 3. The van der Waals surface area contributed by atoms with Crippen LogP contribution in [0.1, 0.15) is 30.6 Å². The number of nitrogens with zero attached hydrogens (tertiary/aromatic N) is 1. The molecule has 0 spiro atoms. The monoisotopic (exact) mass is 535 g/mol. The summed E-state index contributed by atoms with van der Waals surface area (Å²) in [5.41, 5.74) is 2.19. The van der Waals surface area contributed by atoms with E-state index >= 15 is 0 Å². The predicted molar refractivity (Wildman–Crippen MR) is 146 cm³/mol. The van der Waals surface area contributed by atoms with Crippen LogP contribution >= 0.6 is 23.1 Å². The number of anilines is 2. The molecule has 1 atom stereocenters. The number of thioether (sulfide) groups is 1. The molecule has 0 fully saturated rings. The first-order chi connectivity index (χ1) is 17.9. The van der Waals surface area contributed by atoms with E-state index in [9.17, 15) is 14.4 Å². The molecule has 4 aromatic rings. The van der Waals surface area contributed by atoms with Crippen LogP contribution < -0.4 is 15.4 Å². The summed E-state index contributed by atoms with van der Waals surface area (Å²) in [6, 6.07) is 22.2. The van der Waals surface area contributed by atoms with E-state index in [1.165, 1.54) is 23.1 Å². The highest BCUT2D eigenvalue weighted by atomic mass is 32.2. The van der Waals surface area contributed by atoms with Crippen molar-refractivity contribution in [1.82, 2.24) is 4.98 Å². The molecule has 1 aromatic heterocycles. The van der Waals surface area contributed by atoms with E-state index in [0.717, 1.165) is 26.4 Å². The van der Waals surface area contributed by atoms with Crippen LogP contribution in [0.3, 0.4) is 0 Å². The van der Waals surface area contributed by atoms with Gasteiger partial charge >= 0.3 is 5.97 Å². The van der Waals surface area contributed by atoms with Gasteiger partial charge in [0, 0.05) is 17.0 Å². The van der Waals surface area contributed by atoms with Gasteiger partial charge in [0.1, 0.15) is 11.0 Å². The summed E-state index contributed by atoms with van der Waals surface area (Å²) in [6.45, 7) is 2.50. The molecule has 0 bridgehead atoms. The Labute approximate surface area is 222 Å². The van der Waals surface area contributed by atoms with Crippen LogP contribution in [0, 0.1) is 0 Å². The lowest BCUT2D eigenvalue weighted by Gasteiger charge is -2.16. The summed E-state index contributed by atoms with van der Waals surface area (Å²) in [6.07, 6.45) is -0.323. The molecule has 0 aliphatic rings. The van der Waals surface area contributed by atoms with Gasteiger partial charge in [-0.25, -0.2) is 4.98 Å². The number of hydrogen-bond acceptors (Lipinski definition) is 7. The topological polar surface area (TPSA) is 118 Å². The maximum atomic E-state index is 13.4.